The van der Waals surface area contributed by atoms with Crippen molar-refractivity contribution in [2.45, 2.75) is 46.6 Å². The number of aromatic nitrogens is 2. The lowest BCUT2D eigenvalue weighted by Gasteiger charge is -2.24. The number of likely N-dealkylation sites (N-methyl/N-ethyl adjacent to an activating group) is 1. The van der Waals surface area contributed by atoms with Crippen LogP contribution < -0.4 is 0 Å². The number of rotatable bonds is 6. The van der Waals surface area contributed by atoms with E-state index in [2.05, 4.69) is 48.1 Å². The predicted octanol–water partition coefficient (Wildman–Crippen LogP) is 5.21. The van der Waals surface area contributed by atoms with Crippen molar-refractivity contribution in [1.82, 2.24) is 14.9 Å². The molecule has 0 aliphatic carbocycles. The summed E-state index contributed by atoms with van der Waals surface area (Å²) in [6.45, 7) is 8.21. The molecule has 1 amide bonds. The van der Waals surface area contributed by atoms with E-state index >= 15 is 0 Å². The van der Waals surface area contributed by atoms with Gasteiger partial charge in [0.2, 0.25) is 5.91 Å². The first-order valence-electron chi connectivity index (χ1n) is 9.12. The van der Waals surface area contributed by atoms with Crippen LogP contribution in [0.4, 0.5) is 0 Å². The Labute approximate surface area is 168 Å². The summed E-state index contributed by atoms with van der Waals surface area (Å²) in [5.41, 5.74) is 4.26. The fraction of sp³-hybridized carbons (Fsp3) is 0.381. The summed E-state index contributed by atoms with van der Waals surface area (Å²) < 4.78 is 0. The van der Waals surface area contributed by atoms with Gasteiger partial charge < -0.3 is 4.90 Å². The first-order chi connectivity index (χ1) is 12.9. The van der Waals surface area contributed by atoms with E-state index in [-0.39, 0.29) is 11.9 Å². The van der Waals surface area contributed by atoms with Crippen LogP contribution >= 0.6 is 22.7 Å². The lowest BCUT2D eigenvalue weighted by molar-refractivity contribution is -0.131. The summed E-state index contributed by atoms with van der Waals surface area (Å²) in [6.07, 6.45) is 1.35. The number of benzene rings is 1. The normalized spacial score (nSPS) is 12.2. The van der Waals surface area contributed by atoms with Gasteiger partial charge in [0.25, 0.3) is 0 Å². The summed E-state index contributed by atoms with van der Waals surface area (Å²) in [5, 5.41) is 3.99. The maximum absolute atomic E-state index is 12.7. The van der Waals surface area contributed by atoms with E-state index < -0.39 is 0 Å². The van der Waals surface area contributed by atoms with Crippen molar-refractivity contribution >= 4 is 28.6 Å². The van der Waals surface area contributed by atoms with Crippen LogP contribution in [0.5, 0.6) is 0 Å². The SMILES string of the molecule is CCc1ccc(-c2nc(CC(=O)N(C)C(C)c3sc(C)nc3C)cs2)cc1. The molecule has 0 aliphatic heterocycles. The first kappa shape index (κ1) is 19.7. The summed E-state index contributed by atoms with van der Waals surface area (Å²) in [6, 6.07) is 8.49. The highest BCUT2D eigenvalue weighted by Gasteiger charge is 2.22. The molecule has 3 aromatic rings. The third-order valence-corrected chi connectivity index (χ3v) is 6.97. The molecule has 2 heterocycles. The van der Waals surface area contributed by atoms with Crippen molar-refractivity contribution in [3.8, 4) is 10.6 Å². The number of amides is 1. The van der Waals surface area contributed by atoms with E-state index in [0.717, 1.165) is 38.3 Å². The Hall–Kier alpha value is -2.05. The van der Waals surface area contributed by atoms with E-state index in [1.165, 1.54) is 5.56 Å². The van der Waals surface area contributed by atoms with E-state index in [1.807, 2.05) is 26.3 Å². The number of nitrogens with zero attached hydrogens (tertiary/aromatic N) is 3. The fourth-order valence-corrected chi connectivity index (χ4v) is 4.86. The van der Waals surface area contributed by atoms with Gasteiger partial charge in [-0.05, 0) is 32.8 Å². The molecule has 27 heavy (non-hydrogen) atoms. The van der Waals surface area contributed by atoms with Gasteiger partial charge in [0, 0.05) is 22.9 Å². The van der Waals surface area contributed by atoms with Crippen LogP contribution in [0.15, 0.2) is 29.6 Å². The van der Waals surface area contributed by atoms with Crippen molar-refractivity contribution in [2.24, 2.45) is 0 Å². The molecule has 0 radical (unpaired) electrons. The molecule has 4 nitrogen and oxygen atoms in total. The van der Waals surface area contributed by atoms with E-state index in [0.29, 0.717) is 6.42 Å². The highest BCUT2D eigenvalue weighted by Crippen LogP contribution is 2.29. The zero-order valence-corrected chi connectivity index (χ0v) is 18.1. The second kappa shape index (κ2) is 8.31. The summed E-state index contributed by atoms with van der Waals surface area (Å²) in [5.74, 6) is 0.0751. The van der Waals surface area contributed by atoms with Crippen molar-refractivity contribution in [3.63, 3.8) is 0 Å². The smallest absolute Gasteiger partial charge is 0.228 e. The Morgan fingerprint density at radius 1 is 1.19 bits per heavy atom. The maximum Gasteiger partial charge on any atom is 0.228 e. The molecule has 142 valence electrons. The molecular formula is C21H25N3OS2. The van der Waals surface area contributed by atoms with Crippen LogP contribution in [0.2, 0.25) is 0 Å². The Bertz CT molecular complexity index is 927. The molecule has 0 N–H and O–H groups in total. The number of carbonyl (C=O) groups excluding carboxylic acids is 1. The minimum Gasteiger partial charge on any atom is -0.338 e. The van der Waals surface area contributed by atoms with Gasteiger partial charge in [0.1, 0.15) is 5.01 Å². The van der Waals surface area contributed by atoms with Crippen LogP contribution in [0, 0.1) is 13.8 Å². The van der Waals surface area contributed by atoms with E-state index in [4.69, 9.17) is 0 Å². The number of carbonyl (C=O) groups is 1. The van der Waals surface area contributed by atoms with E-state index in [1.54, 1.807) is 27.6 Å². The Morgan fingerprint density at radius 2 is 1.89 bits per heavy atom. The molecule has 0 saturated carbocycles. The quantitative estimate of drug-likeness (QED) is 0.572. The van der Waals surface area contributed by atoms with Crippen LogP contribution in [-0.4, -0.2) is 27.8 Å². The monoisotopic (exact) mass is 399 g/mol. The van der Waals surface area contributed by atoms with Crippen LogP contribution in [-0.2, 0) is 17.6 Å². The molecule has 0 spiro atoms. The molecule has 1 atom stereocenters. The lowest BCUT2D eigenvalue weighted by atomic mass is 10.1. The third-order valence-electron chi connectivity index (χ3n) is 4.79. The van der Waals surface area contributed by atoms with Crippen LogP contribution in [0.3, 0.4) is 0 Å². The van der Waals surface area contributed by atoms with E-state index in [9.17, 15) is 4.79 Å². The average molecular weight is 400 g/mol. The zero-order chi connectivity index (χ0) is 19.6. The highest BCUT2D eigenvalue weighted by atomic mass is 32.1. The van der Waals surface area contributed by atoms with Gasteiger partial charge in [-0.15, -0.1) is 22.7 Å². The molecular weight excluding hydrogens is 374 g/mol. The minimum absolute atomic E-state index is 0.0170. The van der Waals surface area contributed by atoms with Gasteiger partial charge in [-0.2, -0.15) is 0 Å². The molecule has 0 bridgehead atoms. The highest BCUT2D eigenvalue weighted by molar-refractivity contribution is 7.13. The lowest BCUT2D eigenvalue weighted by Crippen LogP contribution is -2.31. The molecule has 6 heteroatoms. The standard InChI is InChI=1S/C21H25N3OS2/c1-6-16-7-9-17(10-8-16)21-23-18(12-26-21)11-19(25)24(5)14(3)20-13(2)22-15(4)27-20/h7-10,12,14H,6,11H2,1-5H3. The molecule has 3 rings (SSSR count). The van der Waals surface area contributed by atoms with Gasteiger partial charge in [-0.3, -0.25) is 4.79 Å². The van der Waals surface area contributed by atoms with Gasteiger partial charge >= 0.3 is 0 Å². The molecule has 1 unspecified atom stereocenters. The number of hydrogen-bond acceptors (Lipinski definition) is 5. The van der Waals surface area contributed by atoms with Crippen LogP contribution in [0.1, 0.15) is 46.7 Å². The summed E-state index contributed by atoms with van der Waals surface area (Å²) in [7, 11) is 1.86. The predicted molar refractivity (Wildman–Crippen MR) is 113 cm³/mol. The fourth-order valence-electron chi connectivity index (χ4n) is 3.01. The zero-order valence-electron chi connectivity index (χ0n) is 16.4. The van der Waals surface area contributed by atoms with Crippen molar-refractivity contribution in [2.75, 3.05) is 7.05 Å². The molecule has 2 aromatic heterocycles. The Kier molecular flexibility index (Phi) is 6.07. The van der Waals surface area contributed by atoms with Crippen LogP contribution in [0.25, 0.3) is 10.6 Å². The number of aryl methyl sites for hydroxylation is 3. The topological polar surface area (TPSA) is 46.1 Å². The van der Waals surface area contributed by atoms with Gasteiger partial charge in [0.05, 0.1) is 28.9 Å². The minimum atomic E-state index is 0.0170. The van der Waals surface area contributed by atoms with Crippen molar-refractivity contribution < 1.29 is 4.79 Å². The second-order valence-corrected chi connectivity index (χ2v) is 8.83. The summed E-state index contributed by atoms with van der Waals surface area (Å²) in [4.78, 5) is 24.9. The molecule has 1 aromatic carbocycles. The van der Waals surface area contributed by atoms with Gasteiger partial charge in [-0.25, -0.2) is 9.97 Å². The average Bonchev–Trinajstić information content (AvgIpc) is 3.26. The first-order valence-corrected chi connectivity index (χ1v) is 10.8. The second-order valence-electron chi connectivity index (χ2n) is 6.73. The number of thiazole rings is 2. The molecule has 0 aliphatic rings. The van der Waals surface area contributed by atoms with Crippen molar-refractivity contribution in [1.29, 1.82) is 0 Å². The largest absolute Gasteiger partial charge is 0.338 e. The third kappa shape index (κ3) is 4.45. The van der Waals surface area contributed by atoms with Gasteiger partial charge in [0.15, 0.2) is 0 Å². The Balaban J connectivity index is 1.68. The van der Waals surface area contributed by atoms with Crippen molar-refractivity contribution in [3.05, 3.63) is 56.5 Å². The Morgan fingerprint density at radius 3 is 2.48 bits per heavy atom. The maximum atomic E-state index is 12.7. The molecule has 0 fully saturated rings. The number of hydrogen-bond donors (Lipinski definition) is 0. The molecule has 0 saturated heterocycles. The van der Waals surface area contributed by atoms with Gasteiger partial charge in [-0.1, -0.05) is 31.2 Å². The summed E-state index contributed by atoms with van der Waals surface area (Å²) >= 11 is 3.25.